The monoisotopic (exact) mass is 523 g/mol. The summed E-state index contributed by atoms with van der Waals surface area (Å²) in [7, 11) is 6.42. The van der Waals surface area contributed by atoms with Crippen molar-refractivity contribution in [1.29, 1.82) is 0 Å². The molecule has 2 atom stereocenters. The first-order valence-corrected chi connectivity index (χ1v) is 13.2. The minimum Gasteiger partial charge on any atom is -0.495 e. The van der Waals surface area contributed by atoms with Gasteiger partial charge in [0.1, 0.15) is 5.75 Å². The van der Waals surface area contributed by atoms with Gasteiger partial charge in [-0.1, -0.05) is 12.1 Å². The third-order valence-electron chi connectivity index (χ3n) is 8.01. The summed E-state index contributed by atoms with van der Waals surface area (Å²) >= 11 is 0. The lowest BCUT2D eigenvalue weighted by Crippen LogP contribution is -2.51. The molecule has 0 N–H and O–H groups in total. The predicted molar refractivity (Wildman–Crippen MR) is 143 cm³/mol. The first-order valence-electron chi connectivity index (χ1n) is 13.2. The van der Waals surface area contributed by atoms with Crippen LogP contribution in [0.3, 0.4) is 0 Å². The van der Waals surface area contributed by atoms with Crippen molar-refractivity contribution in [3.05, 3.63) is 42.0 Å². The number of likely N-dealkylation sites (tertiary alicyclic amines) is 1. The van der Waals surface area contributed by atoms with Crippen molar-refractivity contribution in [1.82, 2.24) is 9.80 Å². The minimum atomic E-state index is -0.335. The molecule has 5 rings (SSSR count). The molecule has 2 aromatic carbocycles. The van der Waals surface area contributed by atoms with Gasteiger partial charge in [0, 0.05) is 51.1 Å². The number of anilines is 1. The number of nitrogens with zero attached hydrogens (tertiary/aromatic N) is 3. The maximum absolute atomic E-state index is 14.0. The maximum atomic E-state index is 14.0. The number of rotatable bonds is 8. The van der Waals surface area contributed by atoms with Crippen LogP contribution < -0.4 is 23.8 Å². The molecule has 2 aliphatic heterocycles. The average Bonchev–Trinajstić information content (AvgIpc) is 3.73. The quantitative estimate of drug-likeness (QED) is 0.526. The highest BCUT2D eigenvalue weighted by atomic mass is 16.5. The van der Waals surface area contributed by atoms with Crippen LogP contribution in [-0.4, -0.2) is 89.3 Å². The van der Waals surface area contributed by atoms with E-state index in [-0.39, 0.29) is 29.6 Å². The molecule has 0 aromatic heterocycles. The second-order valence-electron chi connectivity index (χ2n) is 10.2. The van der Waals surface area contributed by atoms with Crippen molar-refractivity contribution in [3.63, 3.8) is 0 Å². The molecule has 9 heteroatoms. The highest BCUT2D eigenvalue weighted by Gasteiger charge is 2.45. The average molecular weight is 524 g/mol. The Kier molecular flexibility index (Phi) is 7.53. The number of hydrogen-bond acceptors (Lipinski definition) is 7. The molecule has 0 radical (unpaired) electrons. The molecule has 1 aliphatic carbocycles. The van der Waals surface area contributed by atoms with Crippen molar-refractivity contribution in [2.45, 2.75) is 18.8 Å². The Bertz CT molecular complexity index is 1150. The third kappa shape index (κ3) is 4.93. The summed E-state index contributed by atoms with van der Waals surface area (Å²) in [6, 6.07) is 11.8. The molecular formula is C29H37N3O6. The van der Waals surface area contributed by atoms with Gasteiger partial charge >= 0.3 is 0 Å². The van der Waals surface area contributed by atoms with Gasteiger partial charge in [-0.2, -0.15) is 0 Å². The molecular weight excluding hydrogens is 486 g/mol. The van der Waals surface area contributed by atoms with Gasteiger partial charge in [0.25, 0.3) is 0 Å². The van der Waals surface area contributed by atoms with Crippen LogP contribution in [0.4, 0.5) is 5.69 Å². The Morgan fingerprint density at radius 3 is 1.95 bits per heavy atom. The van der Waals surface area contributed by atoms with Gasteiger partial charge in [-0.05, 0) is 42.7 Å². The zero-order valence-electron chi connectivity index (χ0n) is 22.6. The van der Waals surface area contributed by atoms with E-state index in [0.717, 1.165) is 42.9 Å². The number of amides is 2. The molecule has 38 heavy (non-hydrogen) atoms. The van der Waals surface area contributed by atoms with Crippen LogP contribution in [0.5, 0.6) is 23.0 Å². The van der Waals surface area contributed by atoms with Crippen LogP contribution in [-0.2, 0) is 9.59 Å². The Morgan fingerprint density at radius 2 is 1.37 bits per heavy atom. The van der Waals surface area contributed by atoms with E-state index in [2.05, 4.69) is 11.0 Å². The van der Waals surface area contributed by atoms with Gasteiger partial charge < -0.3 is 33.6 Å². The molecule has 9 nitrogen and oxygen atoms in total. The molecule has 1 saturated carbocycles. The van der Waals surface area contributed by atoms with Gasteiger partial charge in [-0.3, -0.25) is 9.59 Å². The highest BCUT2D eigenvalue weighted by Crippen LogP contribution is 2.44. The molecule has 2 saturated heterocycles. The minimum absolute atomic E-state index is 0.0922. The standard InChI is InChI=1S/C29H37N3O6/c1-35-24-8-6-5-7-23(24)30-11-13-31(14-12-30)29(34)22-18-32(28(33)19-9-10-19)17-21(22)20-15-25(36-2)27(38-4)26(16-20)37-3/h5-8,15-16,19,21-22H,9-14,17-18H2,1-4H3/t21-,22+/m0/s1. The van der Waals surface area contributed by atoms with E-state index < -0.39 is 0 Å². The summed E-state index contributed by atoms with van der Waals surface area (Å²) < 4.78 is 22.2. The summed E-state index contributed by atoms with van der Waals surface area (Å²) in [6.07, 6.45) is 1.88. The Hall–Kier alpha value is -3.62. The first-order chi connectivity index (χ1) is 18.5. The number of benzene rings is 2. The number of ether oxygens (including phenoxy) is 4. The largest absolute Gasteiger partial charge is 0.495 e. The van der Waals surface area contributed by atoms with Crippen LogP contribution >= 0.6 is 0 Å². The van der Waals surface area contributed by atoms with E-state index in [0.29, 0.717) is 43.4 Å². The van der Waals surface area contributed by atoms with E-state index >= 15 is 0 Å². The fraction of sp³-hybridized carbons (Fsp3) is 0.517. The molecule has 2 amide bonds. The van der Waals surface area contributed by atoms with Gasteiger partial charge in [0.2, 0.25) is 17.6 Å². The fourth-order valence-corrected chi connectivity index (χ4v) is 5.77. The van der Waals surface area contributed by atoms with Gasteiger partial charge in [-0.25, -0.2) is 0 Å². The van der Waals surface area contributed by atoms with Crippen LogP contribution in [0.2, 0.25) is 0 Å². The van der Waals surface area contributed by atoms with Crippen LogP contribution in [0.1, 0.15) is 24.3 Å². The molecule has 3 aliphatic rings. The predicted octanol–water partition coefficient (Wildman–Crippen LogP) is 3.02. The molecule has 2 aromatic rings. The number of para-hydroxylation sites is 2. The lowest BCUT2D eigenvalue weighted by atomic mass is 9.87. The van der Waals surface area contributed by atoms with E-state index in [4.69, 9.17) is 18.9 Å². The molecule has 0 bridgehead atoms. The smallest absolute Gasteiger partial charge is 0.228 e. The van der Waals surface area contributed by atoms with Crippen LogP contribution in [0.25, 0.3) is 0 Å². The van der Waals surface area contributed by atoms with Crippen molar-refractivity contribution < 1.29 is 28.5 Å². The summed E-state index contributed by atoms with van der Waals surface area (Å²) in [5, 5.41) is 0. The highest BCUT2D eigenvalue weighted by molar-refractivity contribution is 5.85. The van der Waals surface area contributed by atoms with Crippen molar-refractivity contribution in [2.75, 3.05) is 72.6 Å². The van der Waals surface area contributed by atoms with Crippen LogP contribution in [0, 0.1) is 11.8 Å². The topological polar surface area (TPSA) is 80.8 Å². The lowest BCUT2D eigenvalue weighted by molar-refractivity contribution is -0.136. The van der Waals surface area contributed by atoms with Crippen LogP contribution in [0.15, 0.2) is 36.4 Å². The van der Waals surface area contributed by atoms with E-state index in [9.17, 15) is 9.59 Å². The number of carbonyl (C=O) groups excluding carboxylic acids is 2. The fourth-order valence-electron chi connectivity index (χ4n) is 5.77. The number of methoxy groups -OCH3 is 4. The number of carbonyl (C=O) groups is 2. The summed E-state index contributed by atoms with van der Waals surface area (Å²) in [5.41, 5.74) is 1.95. The summed E-state index contributed by atoms with van der Waals surface area (Å²) in [5.74, 6) is 2.31. The zero-order valence-corrected chi connectivity index (χ0v) is 22.6. The normalized spacial score (nSPS) is 21.3. The lowest BCUT2D eigenvalue weighted by Gasteiger charge is -2.38. The first kappa shape index (κ1) is 26.0. The van der Waals surface area contributed by atoms with Gasteiger partial charge in [0.05, 0.1) is 40.0 Å². The van der Waals surface area contributed by atoms with Gasteiger partial charge in [0.15, 0.2) is 11.5 Å². The molecule has 2 heterocycles. The molecule has 3 fully saturated rings. The van der Waals surface area contributed by atoms with Gasteiger partial charge in [-0.15, -0.1) is 0 Å². The zero-order chi connectivity index (χ0) is 26.8. The second-order valence-corrected chi connectivity index (χ2v) is 10.2. The van der Waals surface area contributed by atoms with E-state index in [1.807, 2.05) is 40.1 Å². The van der Waals surface area contributed by atoms with E-state index in [1.54, 1.807) is 28.4 Å². The summed E-state index contributed by atoms with van der Waals surface area (Å²) in [4.78, 5) is 33.1. The van der Waals surface area contributed by atoms with Crippen molar-refractivity contribution in [3.8, 4) is 23.0 Å². The van der Waals surface area contributed by atoms with E-state index in [1.165, 1.54) is 0 Å². The van der Waals surface area contributed by atoms with Crippen molar-refractivity contribution in [2.24, 2.45) is 11.8 Å². The number of hydrogen-bond donors (Lipinski definition) is 0. The summed E-state index contributed by atoms with van der Waals surface area (Å²) in [6.45, 7) is 3.61. The third-order valence-corrected chi connectivity index (χ3v) is 8.01. The second kappa shape index (κ2) is 11.0. The Morgan fingerprint density at radius 1 is 0.737 bits per heavy atom. The number of piperazine rings is 1. The maximum Gasteiger partial charge on any atom is 0.228 e. The van der Waals surface area contributed by atoms with Crippen molar-refractivity contribution >= 4 is 17.5 Å². The molecule has 204 valence electrons. The Labute approximate surface area is 224 Å². The molecule has 0 unspecified atom stereocenters. The molecule has 0 spiro atoms. The SMILES string of the molecule is COc1ccccc1N1CCN(C(=O)[C@@H]2CN(C(=O)C3CC3)C[C@H]2c2cc(OC)c(OC)c(OC)c2)CC1. The Balaban J connectivity index is 1.38.